The molecule has 0 saturated heterocycles. The van der Waals surface area contributed by atoms with Gasteiger partial charge < -0.3 is 13.7 Å². The van der Waals surface area contributed by atoms with Gasteiger partial charge >= 0.3 is 0 Å². The van der Waals surface area contributed by atoms with E-state index in [4.69, 9.17) is 9.15 Å². The van der Waals surface area contributed by atoms with Gasteiger partial charge in [-0.15, -0.1) is 0 Å². The highest BCUT2D eigenvalue weighted by Gasteiger charge is 2.12. The molecular weight excluding hydrogens is 242 g/mol. The van der Waals surface area contributed by atoms with Crippen LogP contribution in [-0.2, 0) is 17.7 Å². The van der Waals surface area contributed by atoms with Crippen molar-refractivity contribution >= 4 is 11.2 Å². The SMILES string of the molecule is COCCc1nc2cccnc2n1Cc1ccco1. The van der Waals surface area contributed by atoms with Crippen molar-refractivity contribution in [3.63, 3.8) is 0 Å². The van der Waals surface area contributed by atoms with E-state index in [1.54, 1.807) is 19.6 Å². The Morgan fingerprint density at radius 3 is 3.05 bits per heavy atom. The number of pyridine rings is 1. The van der Waals surface area contributed by atoms with Crippen LogP contribution in [0.15, 0.2) is 41.1 Å². The predicted molar refractivity (Wildman–Crippen MR) is 70.9 cm³/mol. The van der Waals surface area contributed by atoms with Crippen LogP contribution in [0, 0.1) is 0 Å². The summed E-state index contributed by atoms with van der Waals surface area (Å²) in [6.07, 6.45) is 4.22. The van der Waals surface area contributed by atoms with Crippen LogP contribution in [0.25, 0.3) is 11.2 Å². The Morgan fingerprint density at radius 1 is 1.32 bits per heavy atom. The molecule has 0 aliphatic carbocycles. The van der Waals surface area contributed by atoms with Gasteiger partial charge in [0.2, 0.25) is 0 Å². The second-order valence-corrected chi connectivity index (χ2v) is 4.28. The summed E-state index contributed by atoms with van der Waals surface area (Å²) in [6, 6.07) is 7.70. The summed E-state index contributed by atoms with van der Waals surface area (Å²) in [6.45, 7) is 1.28. The van der Waals surface area contributed by atoms with Crippen LogP contribution < -0.4 is 0 Å². The summed E-state index contributed by atoms with van der Waals surface area (Å²) in [5.41, 5.74) is 1.78. The fraction of sp³-hybridized carbons (Fsp3) is 0.286. The first kappa shape index (κ1) is 11.9. The molecule has 5 heteroatoms. The minimum atomic E-state index is 0.638. The summed E-state index contributed by atoms with van der Waals surface area (Å²) < 4.78 is 12.6. The van der Waals surface area contributed by atoms with E-state index in [-0.39, 0.29) is 0 Å². The Bertz CT molecular complexity index is 658. The topological polar surface area (TPSA) is 53.1 Å². The molecule has 0 amide bonds. The van der Waals surface area contributed by atoms with E-state index in [9.17, 15) is 0 Å². The maximum atomic E-state index is 5.41. The monoisotopic (exact) mass is 257 g/mol. The molecule has 0 aliphatic heterocycles. The van der Waals surface area contributed by atoms with Gasteiger partial charge in [0.05, 0.1) is 19.4 Å². The Kier molecular flexibility index (Phi) is 3.29. The Morgan fingerprint density at radius 2 is 2.26 bits per heavy atom. The highest BCUT2D eigenvalue weighted by atomic mass is 16.5. The maximum Gasteiger partial charge on any atom is 0.160 e. The molecule has 0 saturated carbocycles. The lowest BCUT2D eigenvalue weighted by atomic mass is 10.4. The first-order chi connectivity index (χ1) is 9.38. The zero-order valence-corrected chi connectivity index (χ0v) is 10.7. The number of ether oxygens (including phenoxy) is 1. The lowest BCUT2D eigenvalue weighted by molar-refractivity contribution is 0.199. The lowest BCUT2D eigenvalue weighted by Gasteiger charge is -2.06. The minimum Gasteiger partial charge on any atom is -0.467 e. The third-order valence-corrected chi connectivity index (χ3v) is 3.01. The molecule has 3 aromatic heterocycles. The van der Waals surface area contributed by atoms with Crippen molar-refractivity contribution in [2.45, 2.75) is 13.0 Å². The predicted octanol–water partition coefficient (Wildman–Crippen LogP) is 2.26. The summed E-state index contributed by atoms with van der Waals surface area (Å²) in [4.78, 5) is 9.02. The highest BCUT2D eigenvalue weighted by Crippen LogP contribution is 2.16. The van der Waals surface area contributed by atoms with Crippen LogP contribution in [0.5, 0.6) is 0 Å². The molecule has 98 valence electrons. The molecule has 5 nitrogen and oxygen atoms in total. The number of methoxy groups -OCH3 is 1. The molecule has 3 aromatic rings. The van der Waals surface area contributed by atoms with Crippen LogP contribution in [-0.4, -0.2) is 28.3 Å². The number of fused-ring (bicyclic) bond motifs is 1. The van der Waals surface area contributed by atoms with Gasteiger partial charge in [-0.1, -0.05) is 0 Å². The number of furan rings is 1. The van der Waals surface area contributed by atoms with E-state index in [0.29, 0.717) is 13.2 Å². The van der Waals surface area contributed by atoms with Gasteiger partial charge in [0.1, 0.15) is 17.1 Å². The van der Waals surface area contributed by atoms with Crippen LogP contribution >= 0.6 is 0 Å². The zero-order valence-electron chi connectivity index (χ0n) is 10.7. The summed E-state index contributed by atoms with van der Waals surface area (Å²) in [5, 5.41) is 0. The second kappa shape index (κ2) is 5.24. The molecule has 0 radical (unpaired) electrons. The van der Waals surface area contributed by atoms with E-state index in [2.05, 4.69) is 14.5 Å². The molecule has 3 heterocycles. The Balaban J connectivity index is 2.02. The van der Waals surface area contributed by atoms with Gasteiger partial charge in [-0.3, -0.25) is 0 Å². The molecule has 3 rings (SSSR count). The molecule has 19 heavy (non-hydrogen) atoms. The number of hydrogen-bond acceptors (Lipinski definition) is 4. The van der Waals surface area contributed by atoms with E-state index >= 15 is 0 Å². The molecule has 0 bridgehead atoms. The van der Waals surface area contributed by atoms with E-state index in [0.717, 1.165) is 29.2 Å². The molecule has 0 unspecified atom stereocenters. The van der Waals surface area contributed by atoms with Crippen LogP contribution in [0.4, 0.5) is 0 Å². The standard InChI is InChI=1S/C14H15N3O2/c1-18-9-6-13-16-12-5-2-7-15-14(12)17(13)10-11-4-3-8-19-11/h2-5,7-8H,6,9-10H2,1H3. The number of nitrogens with zero attached hydrogens (tertiary/aromatic N) is 3. The fourth-order valence-corrected chi connectivity index (χ4v) is 2.11. The molecule has 0 spiro atoms. The van der Waals surface area contributed by atoms with Gasteiger partial charge in [0.25, 0.3) is 0 Å². The van der Waals surface area contributed by atoms with Crippen LogP contribution in [0.1, 0.15) is 11.6 Å². The number of aromatic nitrogens is 3. The molecule has 0 aromatic carbocycles. The van der Waals surface area contributed by atoms with Crippen LogP contribution in [0.3, 0.4) is 0 Å². The maximum absolute atomic E-state index is 5.41. The van der Waals surface area contributed by atoms with Crippen molar-refractivity contribution in [3.8, 4) is 0 Å². The van der Waals surface area contributed by atoms with E-state index < -0.39 is 0 Å². The zero-order chi connectivity index (χ0) is 13.1. The van der Waals surface area contributed by atoms with E-state index in [1.807, 2.05) is 24.3 Å². The molecule has 0 atom stereocenters. The summed E-state index contributed by atoms with van der Waals surface area (Å²) >= 11 is 0. The number of rotatable bonds is 5. The molecular formula is C14H15N3O2. The highest BCUT2D eigenvalue weighted by molar-refractivity contribution is 5.71. The largest absolute Gasteiger partial charge is 0.467 e. The molecule has 0 N–H and O–H groups in total. The third-order valence-electron chi connectivity index (χ3n) is 3.01. The Hall–Kier alpha value is -2.14. The first-order valence-electron chi connectivity index (χ1n) is 6.20. The lowest BCUT2D eigenvalue weighted by Crippen LogP contribution is -2.08. The number of hydrogen-bond donors (Lipinski definition) is 0. The molecule has 0 aliphatic rings. The summed E-state index contributed by atoms with van der Waals surface area (Å²) in [7, 11) is 1.69. The second-order valence-electron chi connectivity index (χ2n) is 4.28. The number of imidazole rings is 1. The van der Waals surface area contributed by atoms with Crippen molar-refractivity contribution in [1.82, 2.24) is 14.5 Å². The van der Waals surface area contributed by atoms with Gasteiger partial charge in [0, 0.05) is 19.7 Å². The average Bonchev–Trinajstić information content (AvgIpc) is 3.06. The Labute approximate surface area is 110 Å². The van der Waals surface area contributed by atoms with Gasteiger partial charge in [0.15, 0.2) is 5.65 Å². The van der Waals surface area contributed by atoms with Gasteiger partial charge in [-0.25, -0.2) is 9.97 Å². The van der Waals surface area contributed by atoms with E-state index in [1.165, 1.54) is 0 Å². The van der Waals surface area contributed by atoms with Crippen molar-refractivity contribution < 1.29 is 9.15 Å². The third kappa shape index (κ3) is 2.37. The first-order valence-corrected chi connectivity index (χ1v) is 6.20. The van der Waals surface area contributed by atoms with Gasteiger partial charge in [-0.2, -0.15) is 0 Å². The van der Waals surface area contributed by atoms with Crippen molar-refractivity contribution in [3.05, 3.63) is 48.3 Å². The van der Waals surface area contributed by atoms with Crippen molar-refractivity contribution in [2.24, 2.45) is 0 Å². The van der Waals surface area contributed by atoms with Crippen LogP contribution in [0.2, 0.25) is 0 Å². The minimum absolute atomic E-state index is 0.638. The molecule has 0 fully saturated rings. The van der Waals surface area contributed by atoms with Crippen molar-refractivity contribution in [2.75, 3.05) is 13.7 Å². The van der Waals surface area contributed by atoms with Crippen molar-refractivity contribution in [1.29, 1.82) is 0 Å². The fourth-order valence-electron chi connectivity index (χ4n) is 2.11. The summed E-state index contributed by atoms with van der Waals surface area (Å²) in [5.74, 6) is 1.86. The quantitative estimate of drug-likeness (QED) is 0.703. The van der Waals surface area contributed by atoms with Gasteiger partial charge in [-0.05, 0) is 24.3 Å². The normalized spacial score (nSPS) is 11.2. The smallest absolute Gasteiger partial charge is 0.160 e. The average molecular weight is 257 g/mol.